The van der Waals surface area contributed by atoms with Gasteiger partial charge in [-0.2, -0.15) is 4.79 Å². The normalized spacial score (nSPS) is 11.6. The minimum absolute atomic E-state index is 0.0274. The zero-order chi connectivity index (χ0) is 18.5. The van der Waals surface area contributed by atoms with Crippen LogP contribution < -0.4 is 0 Å². The largest absolute Gasteiger partial charge is 0.460 e. The molecule has 130 valence electrons. The highest BCUT2D eigenvalue weighted by atomic mass is 16.5. The van der Waals surface area contributed by atoms with E-state index in [0.29, 0.717) is 0 Å². The van der Waals surface area contributed by atoms with Crippen LogP contribution in [0.1, 0.15) is 23.5 Å². The zero-order valence-corrected chi connectivity index (χ0v) is 14.2. The van der Waals surface area contributed by atoms with E-state index >= 15 is 0 Å². The molecule has 0 aliphatic rings. The maximum absolute atomic E-state index is 12.6. The summed E-state index contributed by atoms with van der Waals surface area (Å²) < 4.78 is 4.52. The quantitative estimate of drug-likeness (QED) is 0.244. The predicted molar refractivity (Wildman–Crippen MR) is 96.9 cm³/mol. The molecule has 1 N–H and O–H groups in total. The lowest BCUT2D eigenvalue weighted by Gasteiger charge is -2.15. The van der Waals surface area contributed by atoms with Crippen LogP contribution in [-0.2, 0) is 14.3 Å². The van der Waals surface area contributed by atoms with Gasteiger partial charge in [0.05, 0.1) is 7.11 Å². The van der Waals surface area contributed by atoms with Crippen molar-refractivity contribution < 1.29 is 19.1 Å². The molecule has 6 nitrogen and oxygen atoms in total. The zero-order valence-electron chi connectivity index (χ0n) is 14.2. The van der Waals surface area contributed by atoms with Gasteiger partial charge in [-0.05, 0) is 17.2 Å². The first-order valence-corrected chi connectivity index (χ1v) is 8.10. The number of ketones is 1. The van der Waals surface area contributed by atoms with Gasteiger partial charge >= 0.3 is 11.7 Å². The Balaban J connectivity index is 2.04. The highest BCUT2D eigenvalue weighted by Crippen LogP contribution is 2.33. The molecule has 1 heterocycles. The number of fused-ring (bicyclic) bond motifs is 1. The molecule has 0 bridgehead atoms. The second kappa shape index (κ2) is 7.59. The molecular formula is C20H17N3O3. The molecule has 1 unspecified atom stereocenters. The molecule has 0 aliphatic heterocycles. The molecule has 0 spiro atoms. The SMILES string of the molecule is COC(=O)C(=[N+]=[N-])C(=O)CC(c1ccccc1)c1c[nH]c2ccccc12. The van der Waals surface area contributed by atoms with E-state index in [4.69, 9.17) is 5.53 Å². The topological polar surface area (TPSA) is 95.6 Å². The van der Waals surface area contributed by atoms with Crippen molar-refractivity contribution in [3.05, 3.63) is 77.5 Å². The number of esters is 1. The summed E-state index contributed by atoms with van der Waals surface area (Å²) in [7, 11) is 1.13. The van der Waals surface area contributed by atoms with Crippen LogP contribution in [0.5, 0.6) is 0 Å². The monoisotopic (exact) mass is 347 g/mol. The number of H-pyrrole nitrogens is 1. The molecule has 1 aromatic heterocycles. The molecular weight excluding hydrogens is 330 g/mol. The molecule has 6 heteroatoms. The fourth-order valence-electron chi connectivity index (χ4n) is 3.06. The van der Waals surface area contributed by atoms with Gasteiger partial charge < -0.3 is 15.3 Å². The Labute approximate surface area is 150 Å². The number of carbonyl (C=O) groups excluding carboxylic acids is 2. The van der Waals surface area contributed by atoms with Gasteiger partial charge in [0.15, 0.2) is 0 Å². The van der Waals surface area contributed by atoms with Crippen LogP contribution in [0, 0.1) is 0 Å². The molecule has 1 atom stereocenters. The van der Waals surface area contributed by atoms with Crippen molar-refractivity contribution in [2.45, 2.75) is 12.3 Å². The molecule has 2 aromatic carbocycles. The molecule has 0 saturated carbocycles. The summed E-state index contributed by atoms with van der Waals surface area (Å²) in [4.78, 5) is 30.3. The number of carbonyl (C=O) groups is 2. The number of aromatic nitrogens is 1. The Morgan fingerprint density at radius 1 is 1.12 bits per heavy atom. The number of hydrogen-bond acceptors (Lipinski definition) is 3. The number of Topliss-reactive ketones (excluding diaryl/α,β-unsaturated/α-hetero) is 1. The summed E-state index contributed by atoms with van der Waals surface area (Å²) in [6.07, 6.45) is 1.84. The lowest BCUT2D eigenvalue weighted by molar-refractivity contribution is -0.139. The number of aromatic amines is 1. The van der Waals surface area contributed by atoms with Crippen molar-refractivity contribution in [2.24, 2.45) is 0 Å². The molecule has 0 radical (unpaired) electrons. The summed E-state index contributed by atoms with van der Waals surface area (Å²) in [5.74, 6) is -1.84. The van der Waals surface area contributed by atoms with Gasteiger partial charge in [0.2, 0.25) is 0 Å². The van der Waals surface area contributed by atoms with Crippen molar-refractivity contribution in [3.63, 3.8) is 0 Å². The first kappa shape index (κ1) is 17.3. The van der Waals surface area contributed by atoms with Crippen LogP contribution >= 0.6 is 0 Å². The number of para-hydroxylation sites is 1. The number of hydrogen-bond donors (Lipinski definition) is 1. The summed E-state index contributed by atoms with van der Waals surface area (Å²) in [6.45, 7) is 0. The van der Waals surface area contributed by atoms with Crippen molar-refractivity contribution in [1.29, 1.82) is 0 Å². The van der Waals surface area contributed by atoms with E-state index in [1.54, 1.807) is 0 Å². The van der Waals surface area contributed by atoms with Crippen LogP contribution in [0.15, 0.2) is 60.8 Å². The number of ether oxygens (including phenoxy) is 1. The Bertz CT molecular complexity index is 1000. The molecule has 0 amide bonds. The predicted octanol–water partition coefficient (Wildman–Crippen LogP) is 3.10. The van der Waals surface area contributed by atoms with Gasteiger partial charge in [-0.1, -0.05) is 48.5 Å². The summed E-state index contributed by atoms with van der Waals surface area (Å²) in [5.41, 5.74) is 11.3. The number of nitrogens with one attached hydrogen (secondary N) is 1. The summed E-state index contributed by atoms with van der Waals surface area (Å²) in [6, 6.07) is 17.3. The van der Waals surface area contributed by atoms with E-state index in [0.717, 1.165) is 29.1 Å². The average Bonchev–Trinajstić information content (AvgIpc) is 3.11. The second-order valence-corrected chi connectivity index (χ2v) is 5.82. The highest BCUT2D eigenvalue weighted by Gasteiger charge is 2.33. The first-order chi connectivity index (χ1) is 12.7. The second-order valence-electron chi connectivity index (χ2n) is 5.82. The van der Waals surface area contributed by atoms with E-state index in [2.05, 4.69) is 14.5 Å². The van der Waals surface area contributed by atoms with Crippen LogP contribution in [0.3, 0.4) is 0 Å². The highest BCUT2D eigenvalue weighted by molar-refractivity contribution is 6.62. The van der Waals surface area contributed by atoms with Crippen molar-refractivity contribution >= 4 is 28.4 Å². The maximum Gasteiger partial charge on any atom is 0.441 e. The minimum Gasteiger partial charge on any atom is -0.460 e. The number of nitrogens with zero attached hydrogens (tertiary/aromatic N) is 2. The number of methoxy groups -OCH3 is 1. The third-order valence-corrected chi connectivity index (χ3v) is 4.33. The third-order valence-electron chi connectivity index (χ3n) is 4.33. The summed E-state index contributed by atoms with van der Waals surface area (Å²) in [5, 5.41) is 0.995. The van der Waals surface area contributed by atoms with E-state index in [1.165, 1.54) is 0 Å². The molecule has 0 fully saturated rings. The van der Waals surface area contributed by atoms with E-state index in [1.807, 2.05) is 60.8 Å². The Kier molecular flexibility index (Phi) is 5.06. The lowest BCUT2D eigenvalue weighted by Crippen LogP contribution is -2.28. The van der Waals surface area contributed by atoms with Crippen LogP contribution in [0.2, 0.25) is 0 Å². The van der Waals surface area contributed by atoms with Gasteiger partial charge in [-0.15, -0.1) is 0 Å². The first-order valence-electron chi connectivity index (χ1n) is 8.10. The van der Waals surface area contributed by atoms with Gasteiger partial charge in [-0.3, -0.25) is 4.79 Å². The number of benzene rings is 2. The molecule has 0 aliphatic carbocycles. The Morgan fingerprint density at radius 2 is 1.81 bits per heavy atom. The molecule has 3 aromatic rings. The van der Waals surface area contributed by atoms with E-state index < -0.39 is 17.5 Å². The molecule has 26 heavy (non-hydrogen) atoms. The van der Waals surface area contributed by atoms with Crippen LogP contribution in [-0.4, -0.2) is 34.3 Å². The average molecular weight is 347 g/mol. The van der Waals surface area contributed by atoms with Gasteiger partial charge in [0, 0.05) is 29.4 Å². The van der Waals surface area contributed by atoms with Crippen LogP contribution in [0.25, 0.3) is 16.4 Å². The summed E-state index contributed by atoms with van der Waals surface area (Å²) >= 11 is 0. The molecule has 0 saturated heterocycles. The Hall–Kier alpha value is -3.50. The fraction of sp³-hybridized carbons (Fsp3) is 0.150. The third kappa shape index (κ3) is 3.31. The van der Waals surface area contributed by atoms with Crippen molar-refractivity contribution in [2.75, 3.05) is 7.11 Å². The minimum atomic E-state index is -0.955. The number of rotatable bonds is 6. The lowest BCUT2D eigenvalue weighted by atomic mass is 9.86. The van der Waals surface area contributed by atoms with Gasteiger partial charge in [0.1, 0.15) is 0 Å². The Morgan fingerprint density at radius 3 is 2.50 bits per heavy atom. The fourth-order valence-corrected chi connectivity index (χ4v) is 3.06. The van der Waals surface area contributed by atoms with E-state index in [9.17, 15) is 9.59 Å². The standard InChI is InChI=1S/C20H17N3O3/c1-26-20(25)19(23-21)18(24)11-15(13-7-3-2-4-8-13)16-12-22-17-10-6-5-9-14(16)17/h2-10,12,15,22H,11H2,1H3. The smallest absolute Gasteiger partial charge is 0.441 e. The van der Waals surface area contributed by atoms with Gasteiger partial charge in [-0.25, -0.2) is 4.79 Å². The molecule has 3 rings (SSSR count). The van der Waals surface area contributed by atoms with Crippen molar-refractivity contribution in [3.8, 4) is 0 Å². The van der Waals surface area contributed by atoms with Crippen molar-refractivity contribution in [1.82, 2.24) is 4.98 Å². The van der Waals surface area contributed by atoms with E-state index in [-0.39, 0.29) is 12.3 Å². The van der Waals surface area contributed by atoms with Gasteiger partial charge in [0.25, 0.3) is 5.78 Å². The maximum atomic E-state index is 12.6. The van der Waals surface area contributed by atoms with Crippen LogP contribution in [0.4, 0.5) is 0 Å².